The topological polar surface area (TPSA) is 53.5 Å². The highest BCUT2D eigenvalue weighted by Crippen LogP contribution is 2.22. The van der Waals surface area contributed by atoms with Gasteiger partial charge in [0.1, 0.15) is 0 Å². The number of hydrogen-bond acceptors (Lipinski definition) is 3. The fourth-order valence-electron chi connectivity index (χ4n) is 3.40. The lowest BCUT2D eigenvalue weighted by Gasteiger charge is -2.36. The fraction of sp³-hybridized carbons (Fsp3) is 0.588. The molecule has 0 aliphatic carbocycles. The summed E-state index contributed by atoms with van der Waals surface area (Å²) in [5.74, 6) is 0.864. The Bertz CT molecular complexity index is 585. The number of hydrogen-bond donors (Lipinski definition) is 0. The molecule has 2 aliphatic rings. The first-order chi connectivity index (χ1) is 11.1. The van der Waals surface area contributed by atoms with Crippen molar-refractivity contribution in [3.05, 3.63) is 28.5 Å². The zero-order valence-corrected chi connectivity index (χ0v) is 14.8. The maximum atomic E-state index is 12.5. The minimum atomic E-state index is 0.0475. The average molecular weight is 380 g/mol. The van der Waals surface area contributed by atoms with Crippen molar-refractivity contribution in [1.82, 2.24) is 14.8 Å². The molecule has 1 aromatic rings. The molecule has 23 heavy (non-hydrogen) atoms. The summed E-state index contributed by atoms with van der Waals surface area (Å²) in [6.07, 6.45) is 8.09. The molecule has 0 atom stereocenters. The number of carbonyl (C=O) groups is 2. The molecule has 0 spiro atoms. The lowest BCUT2D eigenvalue weighted by atomic mass is 9.95. The van der Waals surface area contributed by atoms with E-state index in [0.29, 0.717) is 23.8 Å². The normalized spacial score (nSPS) is 20.0. The van der Waals surface area contributed by atoms with Crippen LogP contribution in [-0.4, -0.2) is 52.8 Å². The van der Waals surface area contributed by atoms with Crippen LogP contribution in [0.3, 0.4) is 0 Å². The molecule has 0 bridgehead atoms. The predicted octanol–water partition coefficient (Wildman–Crippen LogP) is 2.71. The van der Waals surface area contributed by atoms with Crippen molar-refractivity contribution in [2.45, 2.75) is 32.1 Å². The van der Waals surface area contributed by atoms with Crippen molar-refractivity contribution in [3.8, 4) is 0 Å². The first-order valence-corrected chi connectivity index (χ1v) is 9.10. The highest BCUT2D eigenvalue weighted by molar-refractivity contribution is 9.10. The van der Waals surface area contributed by atoms with Crippen LogP contribution in [0.2, 0.25) is 0 Å². The molecule has 6 heteroatoms. The SMILES string of the molecule is O=C1CCCCN1CC1CCN(C(=O)c2cncc(Br)c2)CC1. The Balaban J connectivity index is 1.52. The number of rotatable bonds is 3. The number of carbonyl (C=O) groups excluding carboxylic acids is 2. The second-order valence-corrected chi connectivity index (χ2v) is 7.34. The Hall–Kier alpha value is -1.43. The van der Waals surface area contributed by atoms with E-state index < -0.39 is 0 Å². The Morgan fingerprint density at radius 1 is 1.22 bits per heavy atom. The van der Waals surface area contributed by atoms with E-state index in [1.165, 1.54) is 0 Å². The Morgan fingerprint density at radius 3 is 2.70 bits per heavy atom. The number of likely N-dealkylation sites (tertiary alicyclic amines) is 2. The van der Waals surface area contributed by atoms with Crippen LogP contribution in [0.4, 0.5) is 0 Å². The fourth-order valence-corrected chi connectivity index (χ4v) is 3.76. The molecule has 0 aromatic carbocycles. The van der Waals surface area contributed by atoms with Crippen molar-refractivity contribution in [3.63, 3.8) is 0 Å². The summed E-state index contributed by atoms with van der Waals surface area (Å²) in [5, 5.41) is 0. The minimum absolute atomic E-state index is 0.0475. The van der Waals surface area contributed by atoms with Crippen LogP contribution >= 0.6 is 15.9 Å². The van der Waals surface area contributed by atoms with Crippen molar-refractivity contribution in [2.75, 3.05) is 26.2 Å². The summed E-state index contributed by atoms with van der Waals surface area (Å²) in [6, 6.07) is 1.81. The van der Waals surface area contributed by atoms with Crippen LogP contribution in [-0.2, 0) is 4.79 Å². The van der Waals surface area contributed by atoms with Gasteiger partial charge in [-0.1, -0.05) is 0 Å². The van der Waals surface area contributed by atoms with Gasteiger partial charge in [-0.05, 0) is 53.6 Å². The molecular weight excluding hydrogens is 358 g/mol. The zero-order valence-electron chi connectivity index (χ0n) is 13.2. The van der Waals surface area contributed by atoms with Gasteiger partial charge in [-0.15, -0.1) is 0 Å². The van der Waals surface area contributed by atoms with Gasteiger partial charge in [-0.25, -0.2) is 0 Å². The van der Waals surface area contributed by atoms with Crippen molar-refractivity contribution in [2.24, 2.45) is 5.92 Å². The number of amides is 2. The number of nitrogens with zero attached hydrogens (tertiary/aromatic N) is 3. The van der Waals surface area contributed by atoms with E-state index in [4.69, 9.17) is 0 Å². The number of pyridine rings is 1. The molecule has 0 N–H and O–H groups in total. The largest absolute Gasteiger partial charge is 0.342 e. The predicted molar refractivity (Wildman–Crippen MR) is 91.0 cm³/mol. The first kappa shape index (κ1) is 16.4. The summed E-state index contributed by atoms with van der Waals surface area (Å²) in [4.78, 5) is 32.4. The summed E-state index contributed by atoms with van der Waals surface area (Å²) in [6.45, 7) is 3.29. The van der Waals surface area contributed by atoms with Gasteiger partial charge in [0.25, 0.3) is 5.91 Å². The maximum absolute atomic E-state index is 12.5. The molecule has 3 rings (SSSR count). The third-order valence-electron chi connectivity index (χ3n) is 4.75. The third-order valence-corrected chi connectivity index (χ3v) is 5.19. The average Bonchev–Trinajstić information content (AvgIpc) is 2.57. The zero-order chi connectivity index (χ0) is 16.2. The van der Waals surface area contributed by atoms with Gasteiger partial charge in [0, 0.05) is 49.5 Å². The van der Waals surface area contributed by atoms with E-state index in [0.717, 1.165) is 56.3 Å². The van der Waals surface area contributed by atoms with Gasteiger partial charge in [0.2, 0.25) is 5.91 Å². The van der Waals surface area contributed by atoms with Gasteiger partial charge in [-0.2, -0.15) is 0 Å². The van der Waals surface area contributed by atoms with Crippen molar-refractivity contribution >= 4 is 27.7 Å². The van der Waals surface area contributed by atoms with Crippen LogP contribution in [0.1, 0.15) is 42.5 Å². The van der Waals surface area contributed by atoms with Crippen LogP contribution in [0, 0.1) is 5.92 Å². The van der Waals surface area contributed by atoms with Gasteiger partial charge >= 0.3 is 0 Å². The summed E-state index contributed by atoms with van der Waals surface area (Å²) >= 11 is 3.35. The van der Waals surface area contributed by atoms with E-state index >= 15 is 0 Å². The molecule has 0 saturated carbocycles. The molecule has 2 aliphatic heterocycles. The minimum Gasteiger partial charge on any atom is -0.342 e. The van der Waals surface area contributed by atoms with Crippen LogP contribution < -0.4 is 0 Å². The summed E-state index contributed by atoms with van der Waals surface area (Å²) in [5.41, 5.74) is 0.629. The van der Waals surface area contributed by atoms with E-state index in [2.05, 4.69) is 20.9 Å². The lowest BCUT2D eigenvalue weighted by Crippen LogP contribution is -2.44. The summed E-state index contributed by atoms with van der Waals surface area (Å²) < 4.78 is 0.821. The van der Waals surface area contributed by atoms with Crippen LogP contribution in [0.5, 0.6) is 0 Å². The van der Waals surface area contributed by atoms with Gasteiger partial charge < -0.3 is 9.80 Å². The van der Waals surface area contributed by atoms with E-state index in [1.54, 1.807) is 12.4 Å². The van der Waals surface area contributed by atoms with E-state index in [1.807, 2.05) is 15.9 Å². The lowest BCUT2D eigenvalue weighted by molar-refractivity contribution is -0.134. The third kappa shape index (κ3) is 4.10. The van der Waals surface area contributed by atoms with E-state index in [9.17, 15) is 9.59 Å². The highest BCUT2D eigenvalue weighted by Gasteiger charge is 2.27. The van der Waals surface area contributed by atoms with Crippen molar-refractivity contribution < 1.29 is 9.59 Å². The van der Waals surface area contributed by atoms with Crippen molar-refractivity contribution in [1.29, 1.82) is 0 Å². The second kappa shape index (κ2) is 7.43. The molecular formula is C17H22BrN3O2. The standard InChI is InChI=1S/C17H22BrN3O2/c18-15-9-14(10-19-11-15)17(23)20-7-4-13(5-8-20)12-21-6-2-1-3-16(21)22/h9-11,13H,1-8,12H2. The molecule has 0 radical (unpaired) electrons. The molecule has 0 unspecified atom stereocenters. The van der Waals surface area contributed by atoms with Gasteiger partial charge in [0.05, 0.1) is 5.56 Å². The molecule has 5 nitrogen and oxygen atoms in total. The van der Waals surface area contributed by atoms with Crippen LogP contribution in [0.15, 0.2) is 22.9 Å². The Morgan fingerprint density at radius 2 is 2.00 bits per heavy atom. The van der Waals surface area contributed by atoms with Gasteiger partial charge in [-0.3, -0.25) is 14.6 Å². The monoisotopic (exact) mass is 379 g/mol. The smallest absolute Gasteiger partial charge is 0.255 e. The maximum Gasteiger partial charge on any atom is 0.255 e. The molecule has 1 aromatic heterocycles. The van der Waals surface area contributed by atoms with Crippen LogP contribution in [0.25, 0.3) is 0 Å². The Kier molecular flexibility index (Phi) is 5.30. The Labute approximate surface area is 145 Å². The number of aromatic nitrogens is 1. The molecule has 124 valence electrons. The van der Waals surface area contributed by atoms with Gasteiger partial charge in [0.15, 0.2) is 0 Å². The molecule has 2 saturated heterocycles. The first-order valence-electron chi connectivity index (χ1n) is 8.31. The highest BCUT2D eigenvalue weighted by atomic mass is 79.9. The quantitative estimate of drug-likeness (QED) is 0.810. The molecule has 2 fully saturated rings. The molecule has 2 amide bonds. The second-order valence-electron chi connectivity index (χ2n) is 6.42. The number of piperidine rings is 2. The van der Waals surface area contributed by atoms with E-state index in [-0.39, 0.29) is 5.91 Å². The summed E-state index contributed by atoms with van der Waals surface area (Å²) in [7, 11) is 0. The number of halogens is 1. The molecule has 3 heterocycles.